The van der Waals surface area contributed by atoms with Crippen LogP contribution >= 0.6 is 0 Å². The Morgan fingerprint density at radius 1 is 1.45 bits per heavy atom. The maximum atomic E-state index is 11.1. The lowest BCUT2D eigenvalue weighted by Crippen LogP contribution is -2.24. The zero-order chi connectivity index (χ0) is 16.5. The number of carbonyl (C=O) groups is 1. The molecule has 0 bridgehead atoms. The topological polar surface area (TPSA) is 118 Å². The van der Waals surface area contributed by atoms with E-state index in [-0.39, 0.29) is 23.2 Å². The van der Waals surface area contributed by atoms with Crippen LogP contribution in [0.3, 0.4) is 0 Å². The molecule has 1 aliphatic carbocycles. The van der Waals surface area contributed by atoms with Gasteiger partial charge in [0, 0.05) is 6.54 Å². The third kappa shape index (κ3) is 3.62. The molecule has 1 heterocycles. The normalized spacial score (nSPS) is 22.5. The summed E-state index contributed by atoms with van der Waals surface area (Å²) in [7, 11) is 0. The van der Waals surface area contributed by atoms with Crippen LogP contribution in [-0.2, 0) is 16.9 Å². The van der Waals surface area contributed by atoms with Gasteiger partial charge in [-0.2, -0.15) is 5.10 Å². The Labute approximate surface area is 127 Å². The van der Waals surface area contributed by atoms with Gasteiger partial charge in [0.05, 0.1) is 10.8 Å². The van der Waals surface area contributed by atoms with E-state index in [1.807, 2.05) is 0 Å². The quantitative estimate of drug-likeness (QED) is 0.633. The van der Waals surface area contributed by atoms with Crippen molar-refractivity contribution in [2.45, 2.75) is 51.7 Å². The van der Waals surface area contributed by atoms with Crippen LogP contribution in [0.15, 0.2) is 6.20 Å². The molecule has 22 heavy (non-hydrogen) atoms. The summed E-state index contributed by atoms with van der Waals surface area (Å²) in [5.74, 6) is -0.780. The summed E-state index contributed by atoms with van der Waals surface area (Å²) in [4.78, 5) is 21.5. The third-order valence-corrected chi connectivity index (χ3v) is 4.16. The molecule has 1 aromatic heterocycles. The summed E-state index contributed by atoms with van der Waals surface area (Å²) in [5, 5.41) is 34.2. The van der Waals surface area contributed by atoms with Crippen molar-refractivity contribution in [3.8, 4) is 0 Å². The second-order valence-corrected chi connectivity index (χ2v) is 6.46. The van der Waals surface area contributed by atoms with Crippen molar-refractivity contribution < 1.29 is 19.9 Å². The van der Waals surface area contributed by atoms with Crippen molar-refractivity contribution in [3.05, 3.63) is 22.0 Å². The maximum Gasteiger partial charge on any atom is 0.313 e. The maximum absolute atomic E-state index is 11.1. The van der Waals surface area contributed by atoms with E-state index in [1.54, 1.807) is 0 Å². The van der Waals surface area contributed by atoms with E-state index in [1.165, 1.54) is 24.7 Å². The Hall–Kier alpha value is -1.96. The van der Waals surface area contributed by atoms with Gasteiger partial charge in [0.25, 0.3) is 0 Å². The summed E-state index contributed by atoms with van der Waals surface area (Å²) in [6.45, 7) is 3.43. The number of carboxylic acids is 1. The number of aromatic nitrogens is 2. The van der Waals surface area contributed by atoms with Gasteiger partial charge in [-0.3, -0.25) is 19.6 Å². The van der Waals surface area contributed by atoms with Crippen LogP contribution in [0.5, 0.6) is 0 Å². The molecule has 2 N–H and O–H groups in total. The number of hydrogen-bond acceptors (Lipinski definition) is 5. The second kappa shape index (κ2) is 6.04. The van der Waals surface area contributed by atoms with Gasteiger partial charge < -0.3 is 10.2 Å². The van der Waals surface area contributed by atoms with Gasteiger partial charge in [-0.1, -0.05) is 0 Å². The molecule has 0 saturated heterocycles. The molecule has 8 nitrogen and oxygen atoms in total. The van der Waals surface area contributed by atoms with Crippen LogP contribution in [0.4, 0.5) is 5.69 Å². The molecule has 8 heteroatoms. The number of aliphatic hydroxyl groups is 1. The Kier molecular flexibility index (Phi) is 4.50. The van der Waals surface area contributed by atoms with Crippen LogP contribution in [0, 0.1) is 22.0 Å². The highest BCUT2D eigenvalue weighted by Crippen LogP contribution is 2.32. The minimum atomic E-state index is -1.38. The van der Waals surface area contributed by atoms with Gasteiger partial charge in [-0.15, -0.1) is 0 Å². The summed E-state index contributed by atoms with van der Waals surface area (Å²) in [6, 6.07) is 0. The molecule has 0 amide bonds. The standard InChI is InChI=1S/C14H21N3O5/c1-14(2,20)12-11(17(21)22)8-16(15-12)7-9-3-5-10(6-4-9)13(18)19/h8-10,20H,3-7H2,1-2H3,(H,18,19). The van der Waals surface area contributed by atoms with Gasteiger partial charge >= 0.3 is 11.7 Å². The molecular weight excluding hydrogens is 290 g/mol. The van der Waals surface area contributed by atoms with E-state index in [0.717, 1.165) is 12.8 Å². The van der Waals surface area contributed by atoms with Crippen LogP contribution in [0.25, 0.3) is 0 Å². The lowest BCUT2D eigenvalue weighted by Gasteiger charge is -2.25. The Balaban J connectivity index is 2.08. The molecule has 0 unspecified atom stereocenters. The first-order valence-corrected chi connectivity index (χ1v) is 7.36. The fourth-order valence-corrected chi connectivity index (χ4v) is 2.93. The van der Waals surface area contributed by atoms with Gasteiger partial charge in [0.1, 0.15) is 11.8 Å². The fraction of sp³-hybridized carbons (Fsp3) is 0.714. The predicted octanol–water partition coefficient (Wildman–Crippen LogP) is 1.91. The third-order valence-electron chi connectivity index (χ3n) is 4.16. The zero-order valence-electron chi connectivity index (χ0n) is 12.7. The van der Waals surface area contributed by atoms with E-state index < -0.39 is 16.5 Å². The molecule has 0 aromatic carbocycles. The van der Waals surface area contributed by atoms with Gasteiger partial charge in [0.2, 0.25) is 0 Å². The lowest BCUT2D eigenvalue weighted by atomic mass is 9.82. The first-order valence-electron chi connectivity index (χ1n) is 7.36. The predicted molar refractivity (Wildman–Crippen MR) is 77.2 cm³/mol. The number of carboxylic acid groups (broad SMARTS) is 1. The minimum Gasteiger partial charge on any atom is -0.481 e. The lowest BCUT2D eigenvalue weighted by molar-refractivity contribution is -0.386. The molecular formula is C14H21N3O5. The zero-order valence-corrected chi connectivity index (χ0v) is 12.7. The molecule has 2 rings (SSSR count). The number of hydrogen-bond donors (Lipinski definition) is 2. The first kappa shape index (κ1) is 16.4. The van der Waals surface area contributed by atoms with E-state index in [0.29, 0.717) is 19.4 Å². The summed E-state index contributed by atoms with van der Waals surface area (Å²) in [6.07, 6.45) is 4.13. The van der Waals surface area contributed by atoms with E-state index >= 15 is 0 Å². The average molecular weight is 311 g/mol. The molecule has 1 fully saturated rings. The van der Waals surface area contributed by atoms with Crippen LogP contribution in [-0.4, -0.2) is 30.9 Å². The number of nitrogens with zero attached hydrogens (tertiary/aromatic N) is 3. The van der Waals surface area contributed by atoms with Gasteiger partial charge in [-0.05, 0) is 45.4 Å². The van der Waals surface area contributed by atoms with E-state index in [9.17, 15) is 20.0 Å². The highest BCUT2D eigenvalue weighted by molar-refractivity contribution is 5.69. The molecule has 1 aromatic rings. The van der Waals surface area contributed by atoms with Crippen molar-refractivity contribution in [2.75, 3.05) is 0 Å². The van der Waals surface area contributed by atoms with Crippen LogP contribution < -0.4 is 0 Å². The molecule has 1 saturated carbocycles. The SMILES string of the molecule is CC(C)(O)c1nn(CC2CCC(C(=O)O)CC2)cc1[N+](=O)[O-]. The molecule has 122 valence electrons. The van der Waals surface area contributed by atoms with Crippen LogP contribution in [0.1, 0.15) is 45.2 Å². The molecule has 1 aliphatic rings. The van der Waals surface area contributed by atoms with Gasteiger partial charge in [0.15, 0.2) is 5.69 Å². The van der Waals surface area contributed by atoms with Gasteiger partial charge in [-0.25, -0.2) is 0 Å². The Morgan fingerprint density at radius 2 is 2.05 bits per heavy atom. The number of aliphatic carboxylic acids is 1. The average Bonchev–Trinajstić information content (AvgIpc) is 2.83. The van der Waals surface area contributed by atoms with E-state index in [2.05, 4.69) is 5.10 Å². The molecule has 0 radical (unpaired) electrons. The molecule has 0 aliphatic heterocycles. The highest BCUT2D eigenvalue weighted by Gasteiger charge is 2.32. The summed E-state index contributed by atoms with van der Waals surface area (Å²) < 4.78 is 1.50. The van der Waals surface area contributed by atoms with Crippen molar-refractivity contribution in [1.29, 1.82) is 0 Å². The number of nitro groups is 1. The van der Waals surface area contributed by atoms with Crippen molar-refractivity contribution in [3.63, 3.8) is 0 Å². The van der Waals surface area contributed by atoms with Crippen molar-refractivity contribution in [2.24, 2.45) is 11.8 Å². The smallest absolute Gasteiger partial charge is 0.313 e. The largest absolute Gasteiger partial charge is 0.481 e. The highest BCUT2D eigenvalue weighted by atomic mass is 16.6. The monoisotopic (exact) mass is 311 g/mol. The molecule has 0 atom stereocenters. The minimum absolute atomic E-state index is 0.0525. The molecule has 0 spiro atoms. The Bertz CT molecular complexity index is 568. The van der Waals surface area contributed by atoms with E-state index in [4.69, 9.17) is 5.11 Å². The first-order chi connectivity index (χ1) is 10.2. The summed E-state index contributed by atoms with van der Waals surface area (Å²) in [5.41, 5.74) is -1.52. The Morgan fingerprint density at radius 3 is 2.45 bits per heavy atom. The van der Waals surface area contributed by atoms with Crippen molar-refractivity contribution >= 4 is 11.7 Å². The van der Waals surface area contributed by atoms with Crippen molar-refractivity contribution in [1.82, 2.24) is 9.78 Å². The van der Waals surface area contributed by atoms with Crippen LogP contribution in [0.2, 0.25) is 0 Å². The fourth-order valence-electron chi connectivity index (χ4n) is 2.93. The summed E-state index contributed by atoms with van der Waals surface area (Å²) >= 11 is 0. The number of rotatable bonds is 5. The second-order valence-electron chi connectivity index (χ2n) is 6.46.